The number of carbonyl (C=O) groups is 2. The van der Waals surface area contributed by atoms with E-state index in [1.807, 2.05) is 26.0 Å². The molecule has 6 heteroatoms. The van der Waals surface area contributed by atoms with E-state index in [0.29, 0.717) is 34.8 Å². The van der Waals surface area contributed by atoms with Crippen molar-refractivity contribution in [1.82, 2.24) is 10.5 Å². The van der Waals surface area contributed by atoms with Crippen molar-refractivity contribution in [2.45, 2.75) is 20.4 Å². The van der Waals surface area contributed by atoms with Crippen LogP contribution in [0.5, 0.6) is 0 Å². The monoisotopic (exact) mass is 351 g/mol. The van der Waals surface area contributed by atoms with Crippen LogP contribution in [-0.2, 0) is 11.3 Å². The molecule has 0 radical (unpaired) electrons. The Labute approximate surface area is 152 Å². The normalized spacial score (nSPS) is 11.4. The van der Waals surface area contributed by atoms with Crippen molar-refractivity contribution >= 4 is 17.9 Å². The second-order valence-electron chi connectivity index (χ2n) is 5.57. The van der Waals surface area contributed by atoms with Gasteiger partial charge in [-0.25, -0.2) is 0 Å². The number of amides is 1. The van der Waals surface area contributed by atoms with Crippen molar-refractivity contribution < 1.29 is 14.1 Å². The smallest absolute Gasteiger partial charge is 0.257 e. The minimum Gasteiger partial charge on any atom is -0.378 e. The minimum atomic E-state index is -0.312. The van der Waals surface area contributed by atoms with Gasteiger partial charge in [0.2, 0.25) is 0 Å². The number of hydrogen-bond acceptors (Lipinski definition) is 5. The van der Waals surface area contributed by atoms with Crippen LogP contribution in [0.4, 0.5) is 5.69 Å². The van der Waals surface area contributed by atoms with E-state index in [1.54, 1.807) is 36.4 Å². The number of benzene rings is 1. The molecule has 134 valence electrons. The van der Waals surface area contributed by atoms with Crippen LogP contribution >= 0.6 is 0 Å². The lowest BCUT2D eigenvalue weighted by Gasteiger charge is -2.12. The van der Waals surface area contributed by atoms with Crippen LogP contribution < -0.4 is 10.6 Å². The molecule has 0 aliphatic heterocycles. The molecule has 0 spiro atoms. The number of nitrogens with zero attached hydrogens (tertiary/aromatic N) is 1. The van der Waals surface area contributed by atoms with Crippen LogP contribution in [0.1, 0.15) is 28.7 Å². The van der Waals surface area contributed by atoms with Gasteiger partial charge in [0.05, 0.1) is 17.8 Å². The summed E-state index contributed by atoms with van der Waals surface area (Å²) in [7, 11) is 0. The van der Waals surface area contributed by atoms with Crippen molar-refractivity contribution in [3.63, 3.8) is 0 Å². The molecule has 1 heterocycles. The van der Waals surface area contributed by atoms with E-state index >= 15 is 0 Å². The van der Waals surface area contributed by atoms with Crippen molar-refractivity contribution in [2.75, 3.05) is 5.32 Å². The SMILES string of the molecule is C=C(NCc1cc(C)no1)/C(=C\C=C/C)C(=O)Nc1ccc(C=O)cc1. The lowest BCUT2D eigenvalue weighted by Crippen LogP contribution is -2.22. The first-order valence-corrected chi connectivity index (χ1v) is 8.08. The Hall–Kier alpha value is -3.41. The Morgan fingerprint density at radius 3 is 2.62 bits per heavy atom. The van der Waals surface area contributed by atoms with Crippen molar-refractivity contribution in [1.29, 1.82) is 0 Å². The van der Waals surface area contributed by atoms with Gasteiger partial charge in [0.25, 0.3) is 5.91 Å². The summed E-state index contributed by atoms with van der Waals surface area (Å²) in [5.74, 6) is 0.340. The van der Waals surface area contributed by atoms with Crippen LogP contribution in [0.15, 0.2) is 70.9 Å². The number of carbonyl (C=O) groups excluding carboxylic acids is 2. The number of nitrogens with one attached hydrogen (secondary N) is 2. The fraction of sp³-hybridized carbons (Fsp3) is 0.150. The molecule has 26 heavy (non-hydrogen) atoms. The van der Waals surface area contributed by atoms with Gasteiger partial charge < -0.3 is 15.2 Å². The molecule has 2 rings (SSSR count). The van der Waals surface area contributed by atoms with E-state index in [1.165, 1.54) is 0 Å². The maximum absolute atomic E-state index is 12.6. The summed E-state index contributed by atoms with van der Waals surface area (Å²) in [5, 5.41) is 9.68. The molecule has 0 saturated heterocycles. The molecule has 0 atom stereocenters. The molecule has 1 aromatic heterocycles. The first kappa shape index (κ1) is 18.9. The summed E-state index contributed by atoms with van der Waals surface area (Å²) in [5.41, 5.74) is 2.76. The highest BCUT2D eigenvalue weighted by molar-refractivity contribution is 6.06. The molecule has 0 fully saturated rings. The zero-order valence-corrected chi connectivity index (χ0v) is 14.8. The average molecular weight is 351 g/mol. The van der Waals surface area contributed by atoms with Crippen LogP contribution in [0.3, 0.4) is 0 Å². The standard InChI is InChI=1S/C20H21N3O3/c1-4-5-6-19(15(3)21-12-18-11-14(2)23-26-18)20(25)22-17-9-7-16(13-24)8-10-17/h4-11,13,21H,3,12H2,1-2H3,(H,22,25)/b5-4-,19-6+. The predicted octanol–water partition coefficient (Wildman–Crippen LogP) is 3.54. The van der Waals surface area contributed by atoms with Gasteiger partial charge in [-0.05, 0) is 44.2 Å². The molecule has 0 aliphatic carbocycles. The van der Waals surface area contributed by atoms with Gasteiger partial charge in [-0.1, -0.05) is 23.9 Å². The van der Waals surface area contributed by atoms with Gasteiger partial charge in [0, 0.05) is 23.0 Å². The van der Waals surface area contributed by atoms with E-state index < -0.39 is 0 Å². The maximum atomic E-state index is 12.6. The number of anilines is 1. The van der Waals surface area contributed by atoms with Crippen molar-refractivity contribution in [3.8, 4) is 0 Å². The van der Waals surface area contributed by atoms with Gasteiger partial charge >= 0.3 is 0 Å². The number of allylic oxidation sites excluding steroid dienone is 3. The quantitative estimate of drug-likeness (QED) is 0.432. The van der Waals surface area contributed by atoms with Gasteiger partial charge in [-0.15, -0.1) is 0 Å². The van der Waals surface area contributed by atoms with Crippen molar-refractivity contribution in [3.05, 3.63) is 83.4 Å². The van der Waals surface area contributed by atoms with Crippen LogP contribution in [0.25, 0.3) is 0 Å². The molecular formula is C20H21N3O3. The van der Waals surface area contributed by atoms with Crippen LogP contribution in [0.2, 0.25) is 0 Å². The summed E-state index contributed by atoms with van der Waals surface area (Å²) >= 11 is 0. The topological polar surface area (TPSA) is 84.2 Å². The fourth-order valence-corrected chi connectivity index (χ4v) is 2.14. The van der Waals surface area contributed by atoms with E-state index in [4.69, 9.17) is 4.52 Å². The summed E-state index contributed by atoms with van der Waals surface area (Å²) in [4.78, 5) is 23.3. The third-order valence-corrected chi connectivity index (χ3v) is 3.48. The van der Waals surface area contributed by atoms with Crippen LogP contribution in [0, 0.1) is 6.92 Å². The molecule has 0 saturated carbocycles. The highest BCUT2D eigenvalue weighted by Crippen LogP contribution is 2.14. The van der Waals surface area contributed by atoms with Gasteiger partial charge in [0.1, 0.15) is 6.29 Å². The van der Waals surface area contributed by atoms with E-state index in [-0.39, 0.29) is 5.91 Å². The largest absolute Gasteiger partial charge is 0.378 e. The van der Waals surface area contributed by atoms with Crippen LogP contribution in [-0.4, -0.2) is 17.4 Å². The molecule has 1 amide bonds. The van der Waals surface area contributed by atoms with Gasteiger partial charge in [0.15, 0.2) is 5.76 Å². The maximum Gasteiger partial charge on any atom is 0.257 e. The zero-order valence-electron chi connectivity index (χ0n) is 14.8. The van der Waals surface area contributed by atoms with Gasteiger partial charge in [-0.3, -0.25) is 9.59 Å². The molecule has 2 aromatic rings. The van der Waals surface area contributed by atoms with E-state index in [0.717, 1.165) is 12.0 Å². The number of aryl methyl sites for hydroxylation is 1. The third kappa shape index (κ3) is 5.31. The zero-order chi connectivity index (χ0) is 18.9. The second kappa shape index (κ2) is 9.17. The Bertz CT molecular complexity index is 845. The number of hydrogen-bond donors (Lipinski definition) is 2. The molecule has 1 aromatic carbocycles. The Morgan fingerprint density at radius 2 is 2.04 bits per heavy atom. The van der Waals surface area contributed by atoms with Crippen molar-refractivity contribution in [2.24, 2.45) is 0 Å². The second-order valence-corrected chi connectivity index (χ2v) is 5.57. The molecular weight excluding hydrogens is 330 g/mol. The van der Waals surface area contributed by atoms with E-state index in [2.05, 4.69) is 22.4 Å². The Morgan fingerprint density at radius 1 is 1.31 bits per heavy atom. The first-order chi connectivity index (χ1) is 12.5. The number of rotatable bonds is 8. The minimum absolute atomic E-state index is 0.312. The third-order valence-electron chi connectivity index (χ3n) is 3.48. The molecule has 0 aliphatic rings. The lowest BCUT2D eigenvalue weighted by molar-refractivity contribution is -0.112. The summed E-state index contributed by atoms with van der Waals surface area (Å²) in [6.45, 7) is 8.00. The lowest BCUT2D eigenvalue weighted by atomic mass is 10.1. The molecule has 0 unspecified atom stereocenters. The molecule has 2 N–H and O–H groups in total. The Balaban J connectivity index is 2.07. The first-order valence-electron chi connectivity index (χ1n) is 8.08. The predicted molar refractivity (Wildman–Crippen MR) is 101 cm³/mol. The highest BCUT2D eigenvalue weighted by atomic mass is 16.5. The summed E-state index contributed by atoms with van der Waals surface area (Å²) in [6.07, 6.45) is 6.01. The molecule has 0 bridgehead atoms. The summed E-state index contributed by atoms with van der Waals surface area (Å²) in [6, 6.07) is 8.42. The number of aromatic nitrogens is 1. The highest BCUT2D eigenvalue weighted by Gasteiger charge is 2.13. The number of aldehydes is 1. The van der Waals surface area contributed by atoms with E-state index in [9.17, 15) is 9.59 Å². The molecule has 6 nitrogen and oxygen atoms in total. The Kier molecular flexibility index (Phi) is 6.68. The summed E-state index contributed by atoms with van der Waals surface area (Å²) < 4.78 is 5.14. The van der Waals surface area contributed by atoms with Gasteiger partial charge in [-0.2, -0.15) is 0 Å². The fourth-order valence-electron chi connectivity index (χ4n) is 2.14. The average Bonchev–Trinajstić information content (AvgIpc) is 3.06.